The van der Waals surface area contributed by atoms with Gasteiger partial charge in [-0.2, -0.15) is 5.10 Å². The molecule has 0 fully saturated rings. The van der Waals surface area contributed by atoms with Gasteiger partial charge in [-0.3, -0.25) is 0 Å². The molecule has 0 atom stereocenters. The van der Waals surface area contributed by atoms with Crippen molar-refractivity contribution >= 4 is 27.0 Å². The van der Waals surface area contributed by atoms with Gasteiger partial charge in [0.2, 0.25) is 15.8 Å². The largest absolute Gasteiger partial charge is 0.493 e. The monoisotopic (exact) mass is 621 g/mol. The van der Waals surface area contributed by atoms with Crippen LogP contribution in [-0.2, 0) is 14.8 Å². The van der Waals surface area contributed by atoms with Crippen LogP contribution in [0.4, 0.5) is 0 Å². The van der Waals surface area contributed by atoms with Crippen LogP contribution in [0, 0.1) is 0 Å². The number of benzene rings is 3. The van der Waals surface area contributed by atoms with Crippen molar-refractivity contribution in [1.82, 2.24) is 9.78 Å². The molecule has 0 radical (unpaired) electrons. The quantitative estimate of drug-likeness (QED) is 0.130. The first-order valence-electron chi connectivity index (χ1n) is 13.0. The van der Waals surface area contributed by atoms with Crippen LogP contribution in [0.15, 0.2) is 86.9 Å². The Morgan fingerprint density at radius 3 is 2.20 bits per heavy atom. The van der Waals surface area contributed by atoms with E-state index in [4.69, 9.17) is 33.2 Å². The smallest absolute Gasteiger partial charge is 0.358 e. The molecular weight excluding hydrogens is 594 g/mol. The summed E-state index contributed by atoms with van der Waals surface area (Å²) in [6.07, 6.45) is 0. The van der Waals surface area contributed by atoms with Gasteiger partial charge >= 0.3 is 11.6 Å². The van der Waals surface area contributed by atoms with Gasteiger partial charge in [-0.05, 0) is 60.7 Å². The number of rotatable bonds is 11. The molecule has 0 amide bonds. The zero-order valence-electron chi connectivity index (χ0n) is 23.8. The van der Waals surface area contributed by atoms with E-state index >= 15 is 0 Å². The highest BCUT2D eigenvalue weighted by Gasteiger charge is 2.22. The average molecular weight is 622 g/mol. The summed E-state index contributed by atoms with van der Waals surface area (Å²) < 4.78 is 57.6. The Kier molecular flexibility index (Phi) is 8.55. The molecule has 0 aliphatic rings. The summed E-state index contributed by atoms with van der Waals surface area (Å²) in [7, 11) is 0.504. The van der Waals surface area contributed by atoms with Crippen molar-refractivity contribution < 1.29 is 41.3 Å². The zero-order valence-corrected chi connectivity index (χ0v) is 24.6. The number of ether oxygens (including phenoxy) is 5. The second-order valence-corrected chi connectivity index (χ2v) is 10.8. The number of methoxy groups -OCH3 is 3. The molecule has 0 bridgehead atoms. The van der Waals surface area contributed by atoms with Crippen molar-refractivity contribution in [2.24, 2.45) is 5.14 Å². The summed E-state index contributed by atoms with van der Waals surface area (Å²) in [5.74, 6) is 0.809. The van der Waals surface area contributed by atoms with Crippen molar-refractivity contribution in [2.45, 2.75) is 4.90 Å². The molecule has 44 heavy (non-hydrogen) atoms. The van der Waals surface area contributed by atoms with Gasteiger partial charge in [0, 0.05) is 23.1 Å². The average Bonchev–Trinajstić information content (AvgIpc) is 3.47. The van der Waals surface area contributed by atoms with Crippen molar-refractivity contribution in [3.63, 3.8) is 0 Å². The van der Waals surface area contributed by atoms with Gasteiger partial charge in [-0.15, -0.1) is 0 Å². The Morgan fingerprint density at radius 1 is 0.886 bits per heavy atom. The van der Waals surface area contributed by atoms with Gasteiger partial charge < -0.3 is 28.1 Å². The zero-order chi connectivity index (χ0) is 31.4. The molecule has 5 aromatic rings. The Labute approximate surface area is 251 Å². The minimum atomic E-state index is -3.93. The molecule has 5 rings (SSSR count). The molecule has 0 aliphatic heterocycles. The summed E-state index contributed by atoms with van der Waals surface area (Å²) >= 11 is 0. The molecule has 2 heterocycles. The van der Waals surface area contributed by atoms with Gasteiger partial charge in [0.1, 0.15) is 24.5 Å². The van der Waals surface area contributed by atoms with E-state index in [1.54, 1.807) is 36.4 Å². The lowest BCUT2D eigenvalue weighted by molar-refractivity contribution is 0.0443. The standard InChI is InChI=1S/C30H27N3O10S/c1-38-26-14-19(15-27(39-2)29(26)40-3)24-17-23(32-33(24)20-6-9-22(10-7-20)44(31,36)37)30(35)42-13-12-41-21-8-4-18-5-11-28(34)43-25(18)16-21/h4-11,14-17H,12-13H2,1-3H3,(H2,31,36,37). The van der Waals surface area contributed by atoms with Crippen LogP contribution in [0.3, 0.4) is 0 Å². The first kappa shape index (κ1) is 30.1. The fourth-order valence-electron chi connectivity index (χ4n) is 4.39. The summed E-state index contributed by atoms with van der Waals surface area (Å²) in [5, 5.41) is 10.4. The van der Waals surface area contributed by atoms with Crippen LogP contribution in [0.1, 0.15) is 10.5 Å². The van der Waals surface area contributed by atoms with E-state index in [9.17, 15) is 18.0 Å². The molecular formula is C30H27N3O10S. The van der Waals surface area contributed by atoms with E-state index in [-0.39, 0.29) is 23.8 Å². The topological polar surface area (TPSA) is 171 Å². The Morgan fingerprint density at radius 2 is 1.57 bits per heavy atom. The van der Waals surface area contributed by atoms with Gasteiger partial charge in [0.25, 0.3) is 0 Å². The molecule has 0 spiro atoms. The molecule has 228 valence electrons. The lowest BCUT2D eigenvalue weighted by Crippen LogP contribution is -2.13. The maximum absolute atomic E-state index is 13.1. The fourth-order valence-corrected chi connectivity index (χ4v) is 4.90. The highest BCUT2D eigenvalue weighted by atomic mass is 32.2. The number of carbonyl (C=O) groups is 1. The Bertz CT molecular complexity index is 1980. The van der Waals surface area contributed by atoms with E-state index in [0.29, 0.717) is 45.5 Å². The Balaban J connectivity index is 1.41. The van der Waals surface area contributed by atoms with Crippen LogP contribution < -0.4 is 29.7 Å². The second-order valence-electron chi connectivity index (χ2n) is 9.22. The minimum Gasteiger partial charge on any atom is -0.493 e. The van der Waals surface area contributed by atoms with Crippen LogP contribution >= 0.6 is 0 Å². The van der Waals surface area contributed by atoms with Crippen LogP contribution in [0.25, 0.3) is 27.9 Å². The SMILES string of the molecule is COc1cc(-c2cc(C(=O)OCCOc3ccc4ccc(=O)oc4c3)nn2-c2ccc(S(N)(=O)=O)cc2)cc(OC)c1OC. The molecule has 0 unspecified atom stereocenters. The summed E-state index contributed by atoms with van der Waals surface area (Å²) in [6, 6.07) is 18.5. The summed E-state index contributed by atoms with van der Waals surface area (Å²) in [6.45, 7) is -0.0885. The highest BCUT2D eigenvalue weighted by Crippen LogP contribution is 2.41. The van der Waals surface area contributed by atoms with Gasteiger partial charge in [0.15, 0.2) is 17.2 Å². The number of sulfonamides is 1. The molecule has 2 aromatic heterocycles. The molecule has 0 saturated carbocycles. The minimum absolute atomic E-state index is 0.0176. The summed E-state index contributed by atoms with van der Waals surface area (Å²) in [4.78, 5) is 24.5. The van der Waals surface area contributed by atoms with Gasteiger partial charge in [-0.1, -0.05) is 0 Å². The summed E-state index contributed by atoms with van der Waals surface area (Å²) in [5.41, 5.74) is 1.28. The number of hydrogen-bond donors (Lipinski definition) is 1. The maximum Gasteiger partial charge on any atom is 0.358 e. The Hall–Kier alpha value is -5.34. The third-order valence-corrected chi connectivity index (χ3v) is 7.40. The van der Waals surface area contributed by atoms with Crippen molar-refractivity contribution in [3.05, 3.63) is 88.9 Å². The number of nitrogens with zero attached hydrogens (tertiary/aromatic N) is 2. The van der Waals surface area contributed by atoms with Crippen LogP contribution in [-0.4, -0.2) is 58.7 Å². The van der Waals surface area contributed by atoms with Gasteiger partial charge in [0.05, 0.1) is 37.6 Å². The molecule has 0 saturated heterocycles. The first-order valence-corrected chi connectivity index (χ1v) is 14.5. The van der Waals surface area contributed by atoms with Crippen LogP contribution in [0.5, 0.6) is 23.0 Å². The molecule has 13 nitrogen and oxygen atoms in total. The van der Waals surface area contributed by atoms with Crippen LogP contribution in [0.2, 0.25) is 0 Å². The van der Waals surface area contributed by atoms with E-state index in [1.807, 2.05) is 0 Å². The number of esters is 1. The molecule has 3 aromatic carbocycles. The van der Waals surface area contributed by atoms with Gasteiger partial charge in [-0.25, -0.2) is 27.8 Å². The van der Waals surface area contributed by atoms with Crippen molar-refractivity contribution in [3.8, 4) is 39.9 Å². The lowest BCUT2D eigenvalue weighted by atomic mass is 10.1. The number of fused-ring (bicyclic) bond motifs is 1. The van der Waals surface area contributed by atoms with Crippen molar-refractivity contribution in [1.29, 1.82) is 0 Å². The van der Waals surface area contributed by atoms with E-state index < -0.39 is 21.6 Å². The number of hydrogen-bond acceptors (Lipinski definition) is 11. The van der Waals surface area contributed by atoms with E-state index in [1.165, 1.54) is 62.4 Å². The maximum atomic E-state index is 13.1. The number of carbonyl (C=O) groups excluding carboxylic acids is 1. The fraction of sp³-hybridized carbons (Fsp3) is 0.167. The highest BCUT2D eigenvalue weighted by molar-refractivity contribution is 7.89. The second kappa shape index (κ2) is 12.5. The first-order chi connectivity index (χ1) is 21.1. The van der Waals surface area contributed by atoms with Crippen molar-refractivity contribution in [2.75, 3.05) is 34.5 Å². The molecule has 2 N–H and O–H groups in total. The number of primary sulfonamides is 1. The third kappa shape index (κ3) is 6.35. The predicted molar refractivity (Wildman–Crippen MR) is 158 cm³/mol. The van der Waals surface area contributed by atoms with E-state index in [0.717, 1.165) is 5.39 Å². The number of aromatic nitrogens is 2. The third-order valence-electron chi connectivity index (χ3n) is 6.47. The predicted octanol–water partition coefficient (Wildman–Crippen LogP) is 3.55. The normalized spacial score (nSPS) is 11.3. The lowest BCUT2D eigenvalue weighted by Gasteiger charge is -2.15. The molecule has 0 aliphatic carbocycles. The number of nitrogens with two attached hydrogens (primary N) is 1. The van der Waals surface area contributed by atoms with E-state index in [2.05, 4.69) is 5.10 Å². The molecule has 14 heteroatoms.